The summed E-state index contributed by atoms with van der Waals surface area (Å²) in [6.07, 6.45) is 3.44. The van der Waals surface area contributed by atoms with Crippen molar-refractivity contribution in [3.63, 3.8) is 0 Å². The molecular formula is C17H17NO5. The first kappa shape index (κ1) is 16.4. The number of hydrogen-bond acceptors (Lipinski definition) is 5. The molecule has 0 saturated carbocycles. The van der Waals surface area contributed by atoms with Gasteiger partial charge in [0, 0.05) is 6.07 Å². The second kappa shape index (κ2) is 7.31. The number of hydrogen-bond donors (Lipinski definition) is 0. The molecule has 0 atom stereocenters. The molecule has 0 radical (unpaired) electrons. The summed E-state index contributed by atoms with van der Waals surface area (Å²) >= 11 is 0. The number of methoxy groups -OCH3 is 3. The summed E-state index contributed by atoms with van der Waals surface area (Å²) < 4.78 is 15.4. The van der Waals surface area contributed by atoms with E-state index in [4.69, 9.17) is 14.2 Å². The fourth-order valence-corrected chi connectivity index (χ4v) is 2.06. The molecule has 0 spiro atoms. The molecule has 0 fully saturated rings. The normalized spacial score (nSPS) is 10.6. The zero-order chi connectivity index (χ0) is 16.8. The Morgan fingerprint density at radius 2 is 1.48 bits per heavy atom. The highest BCUT2D eigenvalue weighted by molar-refractivity contribution is 5.75. The van der Waals surface area contributed by atoms with Crippen LogP contribution < -0.4 is 14.2 Å². The fourth-order valence-electron chi connectivity index (χ4n) is 2.06. The molecule has 0 saturated heterocycles. The molecule has 0 bridgehead atoms. The third-order valence-corrected chi connectivity index (χ3v) is 3.26. The molecule has 0 heterocycles. The lowest BCUT2D eigenvalue weighted by molar-refractivity contribution is -0.385. The minimum Gasteiger partial charge on any atom is -0.497 e. The lowest BCUT2D eigenvalue weighted by Gasteiger charge is -2.06. The topological polar surface area (TPSA) is 70.8 Å². The molecule has 23 heavy (non-hydrogen) atoms. The van der Waals surface area contributed by atoms with Gasteiger partial charge in [0.2, 0.25) is 0 Å². The van der Waals surface area contributed by atoms with Crippen molar-refractivity contribution in [3.8, 4) is 17.2 Å². The molecule has 0 unspecified atom stereocenters. The van der Waals surface area contributed by atoms with Crippen molar-refractivity contribution in [2.24, 2.45) is 0 Å². The quantitative estimate of drug-likeness (QED) is 0.461. The summed E-state index contributed by atoms with van der Waals surface area (Å²) in [7, 11) is 4.60. The van der Waals surface area contributed by atoms with Crippen molar-refractivity contribution in [1.29, 1.82) is 0 Å². The highest BCUT2D eigenvalue weighted by Crippen LogP contribution is 2.28. The minimum atomic E-state index is -0.436. The van der Waals surface area contributed by atoms with Crippen LogP contribution in [0.1, 0.15) is 11.1 Å². The Morgan fingerprint density at radius 1 is 0.870 bits per heavy atom. The van der Waals surface area contributed by atoms with Crippen molar-refractivity contribution < 1.29 is 19.1 Å². The lowest BCUT2D eigenvalue weighted by Crippen LogP contribution is -1.93. The Hall–Kier alpha value is -3.02. The van der Waals surface area contributed by atoms with Gasteiger partial charge in [-0.05, 0) is 35.9 Å². The van der Waals surface area contributed by atoms with Gasteiger partial charge >= 0.3 is 0 Å². The van der Waals surface area contributed by atoms with E-state index in [1.165, 1.54) is 13.2 Å². The van der Waals surface area contributed by atoms with Gasteiger partial charge in [-0.2, -0.15) is 0 Å². The Labute approximate surface area is 134 Å². The van der Waals surface area contributed by atoms with Crippen LogP contribution in [0, 0.1) is 10.1 Å². The lowest BCUT2D eigenvalue weighted by atomic mass is 10.1. The van der Waals surface area contributed by atoms with Gasteiger partial charge in [-0.15, -0.1) is 0 Å². The third kappa shape index (κ3) is 4.00. The standard InChI is InChI=1S/C17H17NO5/c1-21-14-7-6-13(17(11-14)18(19)20)5-4-12-8-15(22-2)10-16(9-12)23-3/h4-11H,1-3H3. The summed E-state index contributed by atoms with van der Waals surface area (Å²) in [4.78, 5) is 10.7. The van der Waals surface area contributed by atoms with Crippen LogP contribution in [0.2, 0.25) is 0 Å². The molecule has 0 aliphatic rings. The number of nitro groups is 1. The zero-order valence-electron chi connectivity index (χ0n) is 13.1. The summed E-state index contributed by atoms with van der Waals surface area (Å²) in [5.41, 5.74) is 1.28. The SMILES string of the molecule is COc1cc(C=Cc2ccc(OC)cc2[N+](=O)[O-])cc(OC)c1. The smallest absolute Gasteiger partial charge is 0.280 e. The van der Waals surface area contributed by atoms with E-state index in [1.54, 1.807) is 44.6 Å². The van der Waals surface area contributed by atoms with Crippen LogP contribution in [0.3, 0.4) is 0 Å². The van der Waals surface area contributed by atoms with E-state index < -0.39 is 4.92 Å². The van der Waals surface area contributed by atoms with Gasteiger partial charge in [-0.3, -0.25) is 10.1 Å². The van der Waals surface area contributed by atoms with Crippen molar-refractivity contribution in [1.82, 2.24) is 0 Å². The van der Waals surface area contributed by atoms with Gasteiger partial charge in [-0.1, -0.05) is 6.08 Å². The molecule has 0 aliphatic heterocycles. The summed E-state index contributed by atoms with van der Waals surface area (Å²) in [6, 6.07) is 10.1. The van der Waals surface area contributed by atoms with E-state index in [0.717, 1.165) is 5.56 Å². The zero-order valence-corrected chi connectivity index (χ0v) is 13.1. The number of nitrogens with zero attached hydrogens (tertiary/aromatic N) is 1. The van der Waals surface area contributed by atoms with E-state index in [9.17, 15) is 10.1 Å². The van der Waals surface area contributed by atoms with Crippen molar-refractivity contribution in [2.75, 3.05) is 21.3 Å². The van der Waals surface area contributed by atoms with E-state index in [2.05, 4.69) is 0 Å². The molecule has 6 heteroatoms. The fraction of sp³-hybridized carbons (Fsp3) is 0.176. The Morgan fingerprint density at radius 3 is 2.00 bits per heavy atom. The minimum absolute atomic E-state index is 0.0181. The maximum absolute atomic E-state index is 11.2. The first-order valence-electron chi connectivity index (χ1n) is 6.81. The maximum atomic E-state index is 11.2. The first-order valence-corrected chi connectivity index (χ1v) is 6.81. The van der Waals surface area contributed by atoms with Gasteiger partial charge in [0.1, 0.15) is 17.2 Å². The van der Waals surface area contributed by atoms with E-state index in [0.29, 0.717) is 22.8 Å². The molecule has 2 aromatic carbocycles. The molecule has 0 aliphatic carbocycles. The molecule has 0 aromatic heterocycles. The largest absolute Gasteiger partial charge is 0.497 e. The van der Waals surface area contributed by atoms with Crippen molar-refractivity contribution in [2.45, 2.75) is 0 Å². The number of benzene rings is 2. The van der Waals surface area contributed by atoms with E-state index >= 15 is 0 Å². The predicted molar refractivity (Wildman–Crippen MR) is 88.1 cm³/mol. The summed E-state index contributed by atoms with van der Waals surface area (Å²) in [5, 5.41) is 11.2. The molecule has 2 aromatic rings. The van der Waals surface area contributed by atoms with Crippen molar-refractivity contribution >= 4 is 17.8 Å². The first-order chi connectivity index (χ1) is 11.1. The van der Waals surface area contributed by atoms with Crippen LogP contribution in [-0.2, 0) is 0 Å². The number of rotatable bonds is 6. The Kier molecular flexibility index (Phi) is 5.19. The van der Waals surface area contributed by atoms with Crippen LogP contribution in [0.25, 0.3) is 12.2 Å². The van der Waals surface area contributed by atoms with Gasteiger partial charge in [-0.25, -0.2) is 0 Å². The van der Waals surface area contributed by atoms with E-state index in [-0.39, 0.29) is 5.69 Å². The van der Waals surface area contributed by atoms with Crippen LogP contribution >= 0.6 is 0 Å². The van der Waals surface area contributed by atoms with Crippen LogP contribution in [0.5, 0.6) is 17.2 Å². The van der Waals surface area contributed by atoms with Gasteiger partial charge in [0.15, 0.2) is 0 Å². The summed E-state index contributed by atoms with van der Waals surface area (Å²) in [6.45, 7) is 0. The van der Waals surface area contributed by atoms with Crippen LogP contribution in [0.15, 0.2) is 36.4 Å². The Bertz CT molecular complexity index is 718. The number of ether oxygens (including phenoxy) is 3. The molecule has 120 valence electrons. The third-order valence-electron chi connectivity index (χ3n) is 3.26. The highest BCUT2D eigenvalue weighted by atomic mass is 16.6. The highest BCUT2D eigenvalue weighted by Gasteiger charge is 2.12. The molecule has 2 rings (SSSR count). The van der Waals surface area contributed by atoms with Crippen LogP contribution in [-0.4, -0.2) is 26.3 Å². The van der Waals surface area contributed by atoms with Gasteiger partial charge in [0.25, 0.3) is 5.69 Å². The van der Waals surface area contributed by atoms with Crippen molar-refractivity contribution in [3.05, 3.63) is 57.6 Å². The second-order valence-electron chi connectivity index (χ2n) is 4.66. The Balaban J connectivity index is 2.38. The maximum Gasteiger partial charge on any atom is 0.280 e. The van der Waals surface area contributed by atoms with Gasteiger partial charge < -0.3 is 14.2 Å². The van der Waals surface area contributed by atoms with Crippen LogP contribution in [0.4, 0.5) is 5.69 Å². The second-order valence-corrected chi connectivity index (χ2v) is 4.66. The average Bonchev–Trinajstić information content (AvgIpc) is 2.59. The molecule has 6 nitrogen and oxygen atoms in total. The summed E-state index contributed by atoms with van der Waals surface area (Å²) in [5.74, 6) is 1.73. The molecular weight excluding hydrogens is 298 g/mol. The number of nitro benzene ring substituents is 1. The average molecular weight is 315 g/mol. The molecule has 0 N–H and O–H groups in total. The van der Waals surface area contributed by atoms with Gasteiger partial charge in [0.05, 0.1) is 37.9 Å². The monoisotopic (exact) mass is 315 g/mol. The van der Waals surface area contributed by atoms with E-state index in [1.807, 2.05) is 12.1 Å². The molecule has 0 amide bonds. The predicted octanol–water partition coefficient (Wildman–Crippen LogP) is 3.79.